The molecule has 1 N–H and O–H groups in total. The van der Waals surface area contributed by atoms with Crippen molar-refractivity contribution in [2.24, 2.45) is 0 Å². The maximum absolute atomic E-state index is 12.6. The highest BCUT2D eigenvalue weighted by Crippen LogP contribution is 2.24. The molecule has 28 heavy (non-hydrogen) atoms. The Morgan fingerprint density at radius 3 is 2.11 bits per heavy atom. The molecule has 1 aromatic carbocycles. The summed E-state index contributed by atoms with van der Waals surface area (Å²) in [6, 6.07) is 3.95. The van der Waals surface area contributed by atoms with Gasteiger partial charge in [-0.25, -0.2) is 4.79 Å². The summed E-state index contributed by atoms with van der Waals surface area (Å²) >= 11 is 0. The van der Waals surface area contributed by atoms with Crippen molar-refractivity contribution in [1.29, 1.82) is 0 Å². The van der Waals surface area contributed by atoms with E-state index in [0.717, 1.165) is 16.7 Å². The van der Waals surface area contributed by atoms with Crippen molar-refractivity contribution in [2.75, 3.05) is 6.61 Å². The van der Waals surface area contributed by atoms with Crippen LogP contribution in [0.3, 0.4) is 0 Å². The number of carbonyl (C=O) groups is 3. The van der Waals surface area contributed by atoms with Gasteiger partial charge in [0.15, 0.2) is 18.5 Å². The number of hydrogen-bond acceptors (Lipinski definition) is 5. The molecule has 6 heteroatoms. The predicted molar refractivity (Wildman–Crippen MR) is 106 cm³/mol. The zero-order valence-corrected chi connectivity index (χ0v) is 17.5. The average molecular weight is 385 g/mol. The van der Waals surface area contributed by atoms with Crippen LogP contribution < -0.4 is 4.74 Å². The van der Waals surface area contributed by atoms with Gasteiger partial charge in [-0.05, 0) is 65.2 Å². The van der Waals surface area contributed by atoms with Crippen LogP contribution in [0.1, 0.15) is 62.6 Å². The van der Waals surface area contributed by atoms with Crippen molar-refractivity contribution in [3.63, 3.8) is 0 Å². The molecule has 0 bridgehead atoms. The van der Waals surface area contributed by atoms with Gasteiger partial charge in [0.25, 0.3) is 0 Å². The Morgan fingerprint density at radius 2 is 1.61 bits per heavy atom. The van der Waals surface area contributed by atoms with Crippen LogP contribution in [0.2, 0.25) is 0 Å². The maximum atomic E-state index is 12.6. The highest BCUT2D eigenvalue weighted by atomic mass is 16.6. The molecule has 0 amide bonds. The molecule has 1 atom stereocenters. The lowest BCUT2D eigenvalue weighted by Gasteiger charge is -2.15. The zero-order chi connectivity index (χ0) is 21.2. The Balaban J connectivity index is 2.04. The molecule has 2 aromatic rings. The zero-order valence-electron chi connectivity index (χ0n) is 17.5. The molecule has 6 nitrogen and oxygen atoms in total. The van der Waals surface area contributed by atoms with Crippen LogP contribution in [-0.4, -0.2) is 35.2 Å². The van der Waals surface area contributed by atoms with E-state index < -0.39 is 12.1 Å². The number of esters is 1. The lowest BCUT2D eigenvalue weighted by Crippen LogP contribution is -2.28. The quantitative estimate of drug-likeness (QED) is 0.576. The van der Waals surface area contributed by atoms with Gasteiger partial charge in [0.05, 0.1) is 5.69 Å². The van der Waals surface area contributed by atoms with Crippen molar-refractivity contribution in [1.82, 2.24) is 4.98 Å². The number of hydrogen-bond donors (Lipinski definition) is 1. The normalized spacial score (nSPS) is 11.8. The fourth-order valence-electron chi connectivity index (χ4n) is 3.54. The third kappa shape index (κ3) is 4.50. The van der Waals surface area contributed by atoms with Crippen LogP contribution in [0.4, 0.5) is 0 Å². The molecule has 1 heterocycles. The first-order valence-electron chi connectivity index (χ1n) is 9.17. The molecule has 1 aromatic heterocycles. The first-order valence-corrected chi connectivity index (χ1v) is 9.17. The van der Waals surface area contributed by atoms with E-state index in [1.165, 1.54) is 13.8 Å². The van der Waals surface area contributed by atoms with E-state index in [-0.39, 0.29) is 23.9 Å². The van der Waals surface area contributed by atoms with Crippen LogP contribution in [-0.2, 0) is 9.53 Å². The van der Waals surface area contributed by atoms with E-state index in [1.807, 2.05) is 32.9 Å². The predicted octanol–water partition coefficient (Wildman–Crippen LogP) is 3.95. The van der Waals surface area contributed by atoms with Gasteiger partial charge in [-0.15, -0.1) is 0 Å². The van der Waals surface area contributed by atoms with Crippen LogP contribution in [0, 0.1) is 34.6 Å². The third-order valence-electron chi connectivity index (χ3n) is 4.65. The minimum atomic E-state index is -0.993. The van der Waals surface area contributed by atoms with Crippen LogP contribution in [0.25, 0.3) is 0 Å². The Labute approximate surface area is 165 Å². The van der Waals surface area contributed by atoms with E-state index in [0.29, 0.717) is 22.6 Å². The van der Waals surface area contributed by atoms with Gasteiger partial charge in [0, 0.05) is 11.3 Å². The standard InChI is InChI=1S/C22H27NO5/c1-11-8-12(2)22(13(3)9-11)27-10-18(25)28-17(7)21(26)20-14(4)19(16(6)24)15(5)23-20/h8-9,17,23H,10H2,1-7H3/t17-/m0/s1. The van der Waals surface area contributed by atoms with E-state index in [2.05, 4.69) is 4.98 Å². The number of benzene rings is 1. The van der Waals surface area contributed by atoms with E-state index in [9.17, 15) is 14.4 Å². The van der Waals surface area contributed by atoms with E-state index in [1.54, 1.807) is 13.8 Å². The summed E-state index contributed by atoms with van der Waals surface area (Å²) in [5.41, 5.74) is 4.96. The van der Waals surface area contributed by atoms with Gasteiger partial charge < -0.3 is 14.5 Å². The molecule has 0 aliphatic rings. The molecule has 0 radical (unpaired) electrons. The van der Waals surface area contributed by atoms with Gasteiger partial charge in [-0.1, -0.05) is 17.7 Å². The number of nitrogens with one attached hydrogen (secondary N) is 1. The Bertz CT molecular complexity index is 916. The van der Waals surface area contributed by atoms with Crippen molar-refractivity contribution in [2.45, 2.75) is 54.6 Å². The molecular formula is C22H27NO5. The summed E-state index contributed by atoms with van der Waals surface area (Å²) in [7, 11) is 0. The smallest absolute Gasteiger partial charge is 0.344 e. The largest absolute Gasteiger partial charge is 0.481 e. The molecule has 0 saturated carbocycles. The Kier molecular flexibility index (Phi) is 6.44. The summed E-state index contributed by atoms with van der Waals surface area (Å²) < 4.78 is 10.8. The molecule has 0 fully saturated rings. The molecule has 0 aliphatic carbocycles. The molecule has 150 valence electrons. The SMILES string of the molecule is CC(=O)c1c(C)[nH]c(C(=O)[C@H](C)OC(=O)COc2c(C)cc(C)cc2C)c1C. The van der Waals surface area contributed by atoms with Gasteiger partial charge in [0.1, 0.15) is 5.75 Å². The van der Waals surface area contributed by atoms with Crippen LogP contribution >= 0.6 is 0 Å². The average Bonchev–Trinajstić information content (AvgIpc) is 2.87. The Hall–Kier alpha value is -2.89. The lowest BCUT2D eigenvalue weighted by molar-refractivity contribution is -0.148. The number of aromatic amines is 1. The number of ketones is 2. The molecule has 2 rings (SSSR count). The maximum Gasteiger partial charge on any atom is 0.344 e. The summed E-state index contributed by atoms with van der Waals surface area (Å²) in [6.07, 6.45) is -0.993. The second-order valence-electron chi connectivity index (χ2n) is 7.19. The van der Waals surface area contributed by atoms with Gasteiger partial charge in [0.2, 0.25) is 5.78 Å². The first kappa shape index (κ1) is 21.4. The van der Waals surface area contributed by atoms with Crippen molar-refractivity contribution >= 4 is 17.5 Å². The van der Waals surface area contributed by atoms with E-state index in [4.69, 9.17) is 9.47 Å². The molecule has 0 aliphatic heterocycles. The van der Waals surface area contributed by atoms with Crippen molar-refractivity contribution < 1.29 is 23.9 Å². The number of Topliss-reactive ketones (excluding diaryl/α,β-unsaturated/α-hetero) is 2. The second-order valence-corrected chi connectivity index (χ2v) is 7.19. The number of H-pyrrole nitrogens is 1. The fourth-order valence-corrected chi connectivity index (χ4v) is 3.54. The highest BCUT2D eigenvalue weighted by Gasteiger charge is 2.26. The van der Waals surface area contributed by atoms with Crippen LogP contribution in [0.15, 0.2) is 12.1 Å². The second kappa shape index (κ2) is 8.42. The Morgan fingerprint density at radius 1 is 1.04 bits per heavy atom. The van der Waals surface area contributed by atoms with Gasteiger partial charge >= 0.3 is 5.97 Å². The van der Waals surface area contributed by atoms with Gasteiger partial charge in [-0.2, -0.15) is 0 Å². The third-order valence-corrected chi connectivity index (χ3v) is 4.65. The summed E-state index contributed by atoms with van der Waals surface area (Å²) in [5, 5.41) is 0. The van der Waals surface area contributed by atoms with Gasteiger partial charge in [-0.3, -0.25) is 9.59 Å². The summed E-state index contributed by atoms with van der Waals surface area (Å²) in [4.78, 5) is 39.5. The topological polar surface area (TPSA) is 85.5 Å². The lowest BCUT2D eigenvalue weighted by atomic mass is 10.0. The van der Waals surface area contributed by atoms with Crippen molar-refractivity contribution in [3.8, 4) is 5.75 Å². The number of rotatable bonds is 7. The minimum Gasteiger partial charge on any atom is -0.481 e. The monoisotopic (exact) mass is 385 g/mol. The molecule has 0 spiro atoms. The molecular weight excluding hydrogens is 358 g/mol. The minimum absolute atomic E-state index is 0.118. The van der Waals surface area contributed by atoms with Crippen LogP contribution in [0.5, 0.6) is 5.75 Å². The number of aryl methyl sites for hydroxylation is 4. The first-order chi connectivity index (χ1) is 13.0. The van der Waals surface area contributed by atoms with E-state index >= 15 is 0 Å². The summed E-state index contributed by atoms with van der Waals surface area (Å²) in [6.45, 7) is 11.9. The molecule has 0 unspecified atom stereocenters. The number of aromatic nitrogens is 1. The molecule has 0 saturated heterocycles. The summed E-state index contributed by atoms with van der Waals surface area (Å²) in [5.74, 6) is -0.493. The highest BCUT2D eigenvalue weighted by molar-refractivity contribution is 6.05. The number of carbonyl (C=O) groups excluding carboxylic acids is 3. The number of ether oxygens (including phenoxy) is 2. The fraction of sp³-hybridized carbons (Fsp3) is 0.409. The van der Waals surface area contributed by atoms with Crippen molar-refractivity contribution in [3.05, 3.63) is 51.3 Å².